The Kier molecular flexibility index (Phi) is 5.99. The first-order valence-electron chi connectivity index (χ1n) is 8.18. The lowest BCUT2D eigenvalue weighted by atomic mass is 10.1. The molecule has 0 aliphatic carbocycles. The number of methoxy groups -OCH3 is 2. The maximum absolute atomic E-state index is 12.6. The molecule has 0 aliphatic heterocycles. The number of aromatic nitrogens is 2. The fourth-order valence-electron chi connectivity index (χ4n) is 2.42. The molecule has 3 rings (SSSR count). The lowest BCUT2D eigenvalue weighted by molar-refractivity contribution is 0.100. The number of hydrogen-bond donors (Lipinski definition) is 1. The van der Waals surface area contributed by atoms with Crippen LogP contribution >= 0.6 is 11.3 Å². The largest absolute Gasteiger partial charge is 0.493 e. The third-order valence-electron chi connectivity index (χ3n) is 3.82. The van der Waals surface area contributed by atoms with Crippen LogP contribution in [0.5, 0.6) is 22.4 Å². The molecule has 29 heavy (non-hydrogen) atoms. The predicted molar refractivity (Wildman–Crippen MR) is 105 cm³/mol. The number of hydrogen-bond acceptors (Lipinski definition) is 9. The van der Waals surface area contributed by atoms with Crippen LogP contribution in [-0.4, -0.2) is 38.7 Å². The summed E-state index contributed by atoms with van der Waals surface area (Å²) in [5, 5.41) is 7.56. The van der Waals surface area contributed by atoms with Crippen molar-refractivity contribution in [1.29, 1.82) is 0 Å². The fraction of sp³-hybridized carbons (Fsp3) is 0.167. The number of nitrogens with zero attached hydrogens (tertiary/aromatic N) is 2. The van der Waals surface area contributed by atoms with Gasteiger partial charge in [-0.2, -0.15) is 0 Å². The van der Waals surface area contributed by atoms with Gasteiger partial charge >= 0.3 is 5.19 Å². The van der Waals surface area contributed by atoms with Gasteiger partial charge in [-0.05, 0) is 41.2 Å². The van der Waals surface area contributed by atoms with Crippen LogP contribution in [0.2, 0.25) is 0 Å². The van der Waals surface area contributed by atoms with Gasteiger partial charge in [0.15, 0.2) is 11.5 Å². The average Bonchev–Trinajstić information content (AvgIpc) is 3.18. The molecule has 0 saturated carbocycles. The van der Waals surface area contributed by atoms with Crippen LogP contribution in [0.1, 0.15) is 15.9 Å². The average molecular weight is 435 g/mol. The van der Waals surface area contributed by atoms with E-state index in [4.69, 9.17) is 19.9 Å². The third kappa shape index (κ3) is 4.63. The highest BCUT2D eigenvalue weighted by Crippen LogP contribution is 2.41. The highest BCUT2D eigenvalue weighted by Gasteiger charge is 2.23. The van der Waals surface area contributed by atoms with E-state index in [1.165, 1.54) is 38.5 Å². The first-order chi connectivity index (χ1) is 13.8. The van der Waals surface area contributed by atoms with Gasteiger partial charge in [0.25, 0.3) is 0 Å². The Morgan fingerprint density at radius 3 is 2.21 bits per heavy atom. The normalized spacial score (nSPS) is 11.1. The zero-order chi connectivity index (χ0) is 21.0. The van der Waals surface area contributed by atoms with Gasteiger partial charge in [-0.1, -0.05) is 23.3 Å². The number of carbonyl (C=O) groups excluding carboxylic acids is 1. The zero-order valence-corrected chi connectivity index (χ0v) is 17.1. The summed E-state index contributed by atoms with van der Waals surface area (Å²) in [4.78, 5) is 11.1. The molecule has 9 nitrogen and oxygen atoms in total. The number of rotatable bonds is 8. The number of primary amides is 1. The van der Waals surface area contributed by atoms with Crippen molar-refractivity contribution in [2.45, 2.75) is 10.1 Å². The molecule has 152 valence electrons. The Hall–Kier alpha value is -3.18. The minimum Gasteiger partial charge on any atom is -0.493 e. The molecule has 3 aromatic rings. The first kappa shape index (κ1) is 20.6. The van der Waals surface area contributed by atoms with Crippen molar-refractivity contribution in [3.63, 3.8) is 0 Å². The summed E-state index contributed by atoms with van der Waals surface area (Å²) in [6, 6.07) is 11.1. The minimum atomic E-state index is -3.76. The van der Waals surface area contributed by atoms with E-state index in [2.05, 4.69) is 10.2 Å². The highest BCUT2D eigenvalue weighted by molar-refractivity contribution is 7.92. The molecular weight excluding hydrogens is 418 g/mol. The van der Waals surface area contributed by atoms with Gasteiger partial charge in [0.2, 0.25) is 25.8 Å². The minimum absolute atomic E-state index is 0.0236. The number of carbonyl (C=O) groups is 1. The van der Waals surface area contributed by atoms with Gasteiger partial charge < -0.3 is 19.9 Å². The van der Waals surface area contributed by atoms with Crippen molar-refractivity contribution in [3.8, 4) is 22.4 Å². The molecule has 2 N–H and O–H groups in total. The van der Waals surface area contributed by atoms with Crippen molar-refractivity contribution >= 4 is 27.1 Å². The van der Waals surface area contributed by atoms with E-state index >= 15 is 0 Å². The number of sulfone groups is 1. The van der Waals surface area contributed by atoms with Crippen LogP contribution in [0, 0.1) is 0 Å². The molecule has 1 amide bonds. The van der Waals surface area contributed by atoms with Gasteiger partial charge in [0.05, 0.1) is 20.0 Å². The molecule has 0 fully saturated rings. The maximum atomic E-state index is 12.6. The van der Waals surface area contributed by atoms with E-state index in [0.717, 1.165) is 11.3 Å². The van der Waals surface area contributed by atoms with Gasteiger partial charge in [-0.3, -0.25) is 4.79 Å². The van der Waals surface area contributed by atoms with Crippen LogP contribution in [0.4, 0.5) is 0 Å². The highest BCUT2D eigenvalue weighted by atomic mass is 32.2. The standard InChI is InChI=1S/C18H17N3O6S2/c1-25-13-4-3-5-14(26-2)15(13)27-17-20-21-18(28-17)29(23,24)10-11-6-8-12(9-7-11)16(19)22/h3-9H,10H2,1-2H3,(H2,19,22). The summed E-state index contributed by atoms with van der Waals surface area (Å²) < 4.78 is 41.2. The second-order valence-corrected chi connectivity index (χ2v) is 8.85. The molecule has 1 aromatic heterocycles. The van der Waals surface area contributed by atoms with Gasteiger partial charge in [-0.15, -0.1) is 5.10 Å². The van der Waals surface area contributed by atoms with Crippen LogP contribution in [-0.2, 0) is 15.6 Å². The second kappa shape index (κ2) is 8.45. The number of ether oxygens (including phenoxy) is 3. The van der Waals surface area contributed by atoms with Gasteiger partial charge in [0, 0.05) is 5.56 Å². The smallest absolute Gasteiger partial charge is 0.300 e. The van der Waals surface area contributed by atoms with Crippen LogP contribution < -0.4 is 19.9 Å². The summed E-state index contributed by atoms with van der Waals surface area (Å²) in [5.74, 6) is 0.173. The molecule has 0 saturated heterocycles. The molecule has 0 unspecified atom stereocenters. The van der Waals surface area contributed by atoms with Crippen LogP contribution in [0.25, 0.3) is 0 Å². The molecule has 0 spiro atoms. The fourth-order valence-corrected chi connectivity index (χ4v) is 4.67. The molecule has 0 radical (unpaired) electrons. The molecular formula is C18H17N3O6S2. The number of amides is 1. The lowest BCUT2D eigenvalue weighted by Gasteiger charge is -2.11. The first-order valence-corrected chi connectivity index (χ1v) is 10.6. The summed E-state index contributed by atoms with van der Waals surface area (Å²) in [5.41, 5.74) is 5.96. The summed E-state index contributed by atoms with van der Waals surface area (Å²) >= 11 is 0.783. The Labute approximate surface area is 171 Å². The summed E-state index contributed by atoms with van der Waals surface area (Å²) in [6.07, 6.45) is 0. The molecule has 0 aliphatic rings. The Morgan fingerprint density at radius 1 is 1.03 bits per heavy atom. The zero-order valence-electron chi connectivity index (χ0n) is 15.5. The summed E-state index contributed by atoms with van der Waals surface area (Å²) in [7, 11) is -0.816. The Morgan fingerprint density at radius 2 is 1.66 bits per heavy atom. The molecule has 0 bridgehead atoms. The predicted octanol–water partition coefficient (Wildman–Crippen LogP) is 2.42. The van der Waals surface area contributed by atoms with Crippen molar-refractivity contribution in [2.75, 3.05) is 14.2 Å². The number of nitrogens with two attached hydrogens (primary N) is 1. The van der Waals surface area contributed by atoms with E-state index in [9.17, 15) is 13.2 Å². The topological polar surface area (TPSA) is 131 Å². The van der Waals surface area contributed by atoms with Gasteiger partial charge in [-0.25, -0.2) is 8.42 Å². The molecule has 11 heteroatoms. The lowest BCUT2D eigenvalue weighted by Crippen LogP contribution is -2.11. The Balaban J connectivity index is 1.81. The quantitative estimate of drug-likeness (QED) is 0.571. The van der Waals surface area contributed by atoms with Crippen LogP contribution in [0.3, 0.4) is 0 Å². The van der Waals surface area contributed by atoms with Crippen molar-refractivity contribution in [2.24, 2.45) is 5.73 Å². The van der Waals surface area contributed by atoms with Crippen molar-refractivity contribution in [3.05, 3.63) is 53.6 Å². The number of para-hydroxylation sites is 1. The molecule has 2 aromatic carbocycles. The van der Waals surface area contributed by atoms with E-state index in [0.29, 0.717) is 22.6 Å². The van der Waals surface area contributed by atoms with E-state index < -0.39 is 15.7 Å². The molecule has 1 heterocycles. The van der Waals surface area contributed by atoms with Crippen molar-refractivity contribution < 1.29 is 27.4 Å². The van der Waals surface area contributed by atoms with Gasteiger partial charge in [0.1, 0.15) is 0 Å². The van der Waals surface area contributed by atoms with E-state index in [1.54, 1.807) is 18.2 Å². The van der Waals surface area contributed by atoms with Crippen LogP contribution in [0.15, 0.2) is 46.8 Å². The number of benzene rings is 2. The second-order valence-electron chi connectivity index (χ2n) is 5.75. The monoisotopic (exact) mass is 435 g/mol. The van der Waals surface area contributed by atoms with Crippen molar-refractivity contribution in [1.82, 2.24) is 10.2 Å². The molecule has 0 atom stereocenters. The van der Waals surface area contributed by atoms with E-state index in [1.807, 2.05) is 0 Å². The summed E-state index contributed by atoms with van der Waals surface area (Å²) in [6.45, 7) is 0. The Bertz CT molecular complexity index is 1100. The van der Waals surface area contributed by atoms with E-state index in [-0.39, 0.29) is 21.0 Å². The SMILES string of the molecule is COc1cccc(OC)c1Oc1nnc(S(=O)(=O)Cc2ccc(C(N)=O)cc2)s1. The maximum Gasteiger partial charge on any atom is 0.300 e. The third-order valence-corrected chi connectivity index (χ3v) is 6.76.